The van der Waals surface area contributed by atoms with Gasteiger partial charge in [0.15, 0.2) is 0 Å². The van der Waals surface area contributed by atoms with Crippen molar-refractivity contribution < 1.29 is 19.2 Å². The van der Waals surface area contributed by atoms with Crippen LogP contribution >= 0.6 is 0 Å². The lowest BCUT2D eigenvalue weighted by Gasteiger charge is -2.25. The van der Waals surface area contributed by atoms with Gasteiger partial charge in [-0.15, -0.1) is 0 Å². The molecule has 2 atom stereocenters. The Morgan fingerprint density at radius 2 is 2.09 bits per heavy atom. The number of esters is 1. The number of phenols is 1. The van der Waals surface area contributed by atoms with E-state index < -0.39 is 5.97 Å². The van der Waals surface area contributed by atoms with Crippen LogP contribution < -0.4 is 4.57 Å². The van der Waals surface area contributed by atoms with Crippen molar-refractivity contribution in [2.24, 2.45) is 10.9 Å². The summed E-state index contributed by atoms with van der Waals surface area (Å²) in [6.45, 7) is 4.03. The number of hydrogen-bond acceptors (Lipinski definition) is 5. The summed E-state index contributed by atoms with van der Waals surface area (Å²) in [5.41, 5.74) is 1.36. The first kappa shape index (κ1) is 15.1. The van der Waals surface area contributed by atoms with E-state index in [1.54, 1.807) is 31.5 Å². The fraction of sp³-hybridized carbons (Fsp3) is 0.294. The van der Waals surface area contributed by atoms with E-state index in [0.29, 0.717) is 18.1 Å². The van der Waals surface area contributed by atoms with Gasteiger partial charge in [-0.3, -0.25) is 4.98 Å². The zero-order valence-corrected chi connectivity index (χ0v) is 13.0. The second-order valence-electron chi connectivity index (χ2n) is 5.38. The van der Waals surface area contributed by atoms with Gasteiger partial charge in [0.25, 0.3) is 0 Å². The average Bonchev–Trinajstić information content (AvgIpc) is 2.56. The van der Waals surface area contributed by atoms with Crippen molar-refractivity contribution in [1.29, 1.82) is 0 Å². The summed E-state index contributed by atoms with van der Waals surface area (Å²) in [6.07, 6.45) is 5.15. The summed E-state index contributed by atoms with van der Waals surface area (Å²) >= 11 is 0. The van der Waals surface area contributed by atoms with Crippen LogP contribution in [0.25, 0.3) is 0 Å². The highest BCUT2D eigenvalue weighted by molar-refractivity contribution is 6.37. The van der Waals surface area contributed by atoms with E-state index in [9.17, 15) is 9.90 Å². The standard InChI is InChI=1S/C17H17N3O3/c1-3-23-17(22)15-11(2)16(12-4-6-13(21)7-5-12)20-9-8-18-10-14(20)19-15/h4-11,16H,3H2,1-2H3/p+1. The van der Waals surface area contributed by atoms with Gasteiger partial charge < -0.3 is 9.84 Å². The van der Waals surface area contributed by atoms with Crippen LogP contribution in [0, 0.1) is 5.92 Å². The molecule has 0 aliphatic carbocycles. The van der Waals surface area contributed by atoms with E-state index in [1.165, 1.54) is 0 Å². The number of aromatic nitrogens is 2. The van der Waals surface area contributed by atoms with Crippen molar-refractivity contribution in [3.05, 3.63) is 48.4 Å². The van der Waals surface area contributed by atoms with Gasteiger partial charge in [0.1, 0.15) is 24.2 Å². The Morgan fingerprint density at radius 3 is 2.78 bits per heavy atom. The molecule has 1 aliphatic rings. The molecular formula is C17H18N3O3+. The monoisotopic (exact) mass is 312 g/mol. The third kappa shape index (κ3) is 2.79. The van der Waals surface area contributed by atoms with Crippen molar-refractivity contribution in [1.82, 2.24) is 4.98 Å². The zero-order chi connectivity index (χ0) is 16.4. The second kappa shape index (κ2) is 6.16. The van der Waals surface area contributed by atoms with Crippen molar-refractivity contribution in [3.8, 4) is 5.75 Å². The highest BCUT2D eigenvalue weighted by Crippen LogP contribution is 2.30. The molecule has 1 N–H and O–H groups in total. The molecule has 118 valence electrons. The summed E-state index contributed by atoms with van der Waals surface area (Å²) in [6, 6.07) is 6.85. The molecule has 6 nitrogen and oxygen atoms in total. The number of hydrogen-bond donors (Lipinski definition) is 1. The average molecular weight is 312 g/mol. The number of carbonyl (C=O) groups is 1. The summed E-state index contributed by atoms with van der Waals surface area (Å²) < 4.78 is 7.11. The van der Waals surface area contributed by atoms with Gasteiger partial charge in [-0.1, -0.05) is 12.1 Å². The molecule has 2 aromatic rings. The van der Waals surface area contributed by atoms with Crippen LogP contribution in [0.15, 0.2) is 47.8 Å². The normalized spacial score (nSPS) is 19.7. The number of aromatic hydroxyl groups is 1. The third-order valence-corrected chi connectivity index (χ3v) is 3.93. The zero-order valence-electron chi connectivity index (χ0n) is 13.0. The maximum Gasteiger partial charge on any atom is 0.379 e. The van der Waals surface area contributed by atoms with Crippen LogP contribution in [0.3, 0.4) is 0 Å². The van der Waals surface area contributed by atoms with Gasteiger partial charge in [-0.2, -0.15) is 0 Å². The van der Waals surface area contributed by atoms with Gasteiger partial charge in [-0.05, 0) is 36.5 Å². The SMILES string of the molecule is CCOC(=O)C1=Nc2cncc[n+]2C(c2ccc(O)cc2)C1C. The molecule has 1 aromatic heterocycles. The van der Waals surface area contributed by atoms with Crippen LogP contribution in [0.1, 0.15) is 25.5 Å². The first-order valence-electron chi connectivity index (χ1n) is 7.51. The minimum Gasteiger partial charge on any atom is -0.508 e. The molecule has 0 fully saturated rings. The molecule has 0 spiro atoms. The van der Waals surface area contributed by atoms with Crippen molar-refractivity contribution in [2.75, 3.05) is 6.61 Å². The van der Waals surface area contributed by atoms with E-state index in [2.05, 4.69) is 9.98 Å². The predicted molar refractivity (Wildman–Crippen MR) is 83.6 cm³/mol. The maximum absolute atomic E-state index is 12.2. The molecular weight excluding hydrogens is 294 g/mol. The number of aliphatic imine (C=N–C) groups is 1. The lowest BCUT2D eigenvalue weighted by atomic mass is 9.88. The molecule has 0 saturated heterocycles. The van der Waals surface area contributed by atoms with Crippen LogP contribution in [0.4, 0.5) is 5.82 Å². The number of phenolic OH excluding ortho intramolecular Hbond substituents is 1. The topological polar surface area (TPSA) is 75.7 Å². The van der Waals surface area contributed by atoms with Crippen LogP contribution in [0.5, 0.6) is 5.75 Å². The van der Waals surface area contributed by atoms with Crippen LogP contribution in [-0.4, -0.2) is 28.4 Å². The highest BCUT2D eigenvalue weighted by atomic mass is 16.5. The highest BCUT2D eigenvalue weighted by Gasteiger charge is 2.41. The van der Waals surface area contributed by atoms with E-state index >= 15 is 0 Å². The minimum atomic E-state index is -0.404. The third-order valence-electron chi connectivity index (χ3n) is 3.93. The molecule has 2 heterocycles. The van der Waals surface area contributed by atoms with Gasteiger partial charge in [0, 0.05) is 0 Å². The van der Waals surface area contributed by atoms with Gasteiger partial charge in [0.2, 0.25) is 5.71 Å². The lowest BCUT2D eigenvalue weighted by Crippen LogP contribution is -2.50. The molecule has 1 aromatic carbocycles. The van der Waals surface area contributed by atoms with Crippen LogP contribution in [0.2, 0.25) is 0 Å². The van der Waals surface area contributed by atoms with E-state index in [4.69, 9.17) is 4.74 Å². The smallest absolute Gasteiger partial charge is 0.379 e. The maximum atomic E-state index is 12.2. The van der Waals surface area contributed by atoms with Gasteiger partial charge in [-0.25, -0.2) is 9.36 Å². The molecule has 0 radical (unpaired) electrons. The molecule has 0 amide bonds. The molecule has 0 saturated carbocycles. The summed E-state index contributed by atoms with van der Waals surface area (Å²) in [5.74, 6) is 0.237. The Kier molecular flexibility index (Phi) is 4.06. The number of benzene rings is 1. The second-order valence-corrected chi connectivity index (χ2v) is 5.38. The number of rotatable bonds is 3. The van der Waals surface area contributed by atoms with E-state index in [-0.39, 0.29) is 17.7 Å². The number of fused-ring (bicyclic) bond motifs is 1. The Morgan fingerprint density at radius 1 is 1.35 bits per heavy atom. The van der Waals surface area contributed by atoms with Crippen molar-refractivity contribution in [2.45, 2.75) is 19.9 Å². The Hall–Kier alpha value is -2.76. The number of nitrogens with zero attached hydrogens (tertiary/aromatic N) is 3. The van der Waals surface area contributed by atoms with Crippen molar-refractivity contribution >= 4 is 17.5 Å². The summed E-state index contributed by atoms with van der Waals surface area (Å²) in [5, 5.41) is 9.51. The molecule has 23 heavy (non-hydrogen) atoms. The van der Waals surface area contributed by atoms with E-state index in [0.717, 1.165) is 5.56 Å². The first-order chi connectivity index (χ1) is 11.1. The molecule has 1 aliphatic heterocycles. The lowest BCUT2D eigenvalue weighted by molar-refractivity contribution is -0.707. The van der Waals surface area contributed by atoms with Crippen LogP contribution in [-0.2, 0) is 9.53 Å². The molecule has 0 bridgehead atoms. The number of ether oxygens (including phenoxy) is 1. The molecule has 2 unspecified atom stereocenters. The predicted octanol–water partition coefficient (Wildman–Crippen LogP) is 1.95. The van der Waals surface area contributed by atoms with Gasteiger partial charge in [0.05, 0.1) is 18.7 Å². The molecule has 3 rings (SSSR count). The fourth-order valence-electron chi connectivity index (χ4n) is 2.86. The first-order valence-corrected chi connectivity index (χ1v) is 7.51. The summed E-state index contributed by atoms with van der Waals surface area (Å²) in [7, 11) is 0. The quantitative estimate of drug-likeness (QED) is 0.694. The fourth-order valence-corrected chi connectivity index (χ4v) is 2.86. The van der Waals surface area contributed by atoms with Crippen molar-refractivity contribution in [3.63, 3.8) is 0 Å². The summed E-state index contributed by atoms with van der Waals surface area (Å²) in [4.78, 5) is 20.7. The Labute approximate surface area is 134 Å². The van der Waals surface area contributed by atoms with Gasteiger partial charge >= 0.3 is 11.8 Å². The Balaban J connectivity index is 2.10. The van der Waals surface area contributed by atoms with E-state index in [1.807, 2.05) is 29.8 Å². The molecule has 6 heteroatoms. The minimum absolute atomic E-state index is 0.120. The largest absolute Gasteiger partial charge is 0.508 e. The Bertz CT molecular complexity index is 756. The number of carbonyl (C=O) groups excluding carboxylic acids is 1.